The van der Waals surface area contributed by atoms with E-state index in [1.165, 1.54) is 5.56 Å². The molecule has 37 heavy (non-hydrogen) atoms. The molecule has 0 aliphatic carbocycles. The van der Waals surface area contributed by atoms with Gasteiger partial charge in [0, 0.05) is 24.0 Å². The second-order valence-corrected chi connectivity index (χ2v) is 11.0. The number of carbonyl (C=O) groups is 2. The van der Waals surface area contributed by atoms with Crippen molar-refractivity contribution < 1.29 is 19.1 Å². The standard InChI is InChI=1S/C29H34N4O4/c1-29(2)22-9-7-17-5-3-4-6-19-15-26(34)33(28(30)31-19)24-11-12-36-25-10-8-18(14-21(24)25)27(35)32-23(16-37-29)20(22)13-17/h7-10,13-14,19,23-24H,3-6,11-12,15-16H2,1-2H3,(H2,30,31)(H,32,35)/t19?,23?,24-/m1/s1. The Morgan fingerprint density at radius 2 is 1.95 bits per heavy atom. The molecule has 6 bridgehead atoms. The highest BCUT2D eigenvalue weighted by molar-refractivity contribution is 5.99. The highest BCUT2D eigenvalue weighted by Crippen LogP contribution is 2.40. The third-order valence-corrected chi connectivity index (χ3v) is 8.14. The van der Waals surface area contributed by atoms with E-state index in [-0.39, 0.29) is 35.9 Å². The summed E-state index contributed by atoms with van der Waals surface area (Å²) >= 11 is 0. The molecule has 2 amide bonds. The van der Waals surface area contributed by atoms with Gasteiger partial charge in [-0.15, -0.1) is 0 Å². The van der Waals surface area contributed by atoms with Gasteiger partial charge in [-0.3, -0.25) is 14.5 Å². The van der Waals surface area contributed by atoms with Crippen LogP contribution >= 0.6 is 0 Å². The minimum Gasteiger partial charge on any atom is -0.493 e. The van der Waals surface area contributed by atoms with Crippen LogP contribution in [-0.2, 0) is 21.6 Å². The fraction of sp³-hybridized carbons (Fsp3) is 0.483. The second kappa shape index (κ2) is 9.17. The van der Waals surface area contributed by atoms with Gasteiger partial charge in [0.1, 0.15) is 5.75 Å². The van der Waals surface area contributed by atoms with Crippen molar-refractivity contribution in [1.29, 1.82) is 0 Å². The van der Waals surface area contributed by atoms with Crippen molar-refractivity contribution in [3.63, 3.8) is 0 Å². The minimum absolute atomic E-state index is 0.0199. The Hall–Kier alpha value is -3.39. The summed E-state index contributed by atoms with van der Waals surface area (Å²) in [6.45, 7) is 5.02. The third-order valence-electron chi connectivity index (χ3n) is 8.14. The summed E-state index contributed by atoms with van der Waals surface area (Å²) < 4.78 is 12.1. The van der Waals surface area contributed by atoms with E-state index in [2.05, 4.69) is 37.4 Å². The zero-order valence-corrected chi connectivity index (χ0v) is 21.5. The van der Waals surface area contributed by atoms with E-state index in [0.717, 1.165) is 42.4 Å². The summed E-state index contributed by atoms with van der Waals surface area (Å²) in [6.07, 6.45) is 4.65. The van der Waals surface area contributed by atoms with Crippen LogP contribution in [0.15, 0.2) is 41.4 Å². The Bertz CT molecular complexity index is 1290. The van der Waals surface area contributed by atoms with Crippen molar-refractivity contribution in [2.24, 2.45) is 10.7 Å². The Labute approximate surface area is 217 Å². The number of hydrogen-bond acceptors (Lipinski definition) is 6. The van der Waals surface area contributed by atoms with E-state index in [0.29, 0.717) is 37.4 Å². The number of nitrogens with two attached hydrogens (primary N) is 1. The molecule has 2 unspecified atom stereocenters. The van der Waals surface area contributed by atoms with E-state index in [9.17, 15) is 9.59 Å². The number of ether oxygens (including phenoxy) is 2. The fourth-order valence-electron chi connectivity index (χ4n) is 6.14. The molecule has 7 rings (SSSR count). The van der Waals surface area contributed by atoms with Gasteiger partial charge in [0.05, 0.1) is 36.9 Å². The average molecular weight is 503 g/mol. The molecule has 8 heteroatoms. The number of nitrogens with zero attached hydrogens (tertiary/aromatic N) is 2. The molecule has 0 radical (unpaired) electrons. The topological polar surface area (TPSA) is 106 Å². The maximum atomic E-state index is 13.5. The number of amides is 2. The summed E-state index contributed by atoms with van der Waals surface area (Å²) in [5, 5.41) is 3.21. The van der Waals surface area contributed by atoms with Crippen molar-refractivity contribution >= 4 is 17.8 Å². The predicted molar refractivity (Wildman–Crippen MR) is 139 cm³/mol. The van der Waals surface area contributed by atoms with Gasteiger partial charge in [-0.1, -0.05) is 24.6 Å². The smallest absolute Gasteiger partial charge is 0.251 e. The summed E-state index contributed by atoms with van der Waals surface area (Å²) in [5.41, 5.74) is 10.7. The first-order chi connectivity index (χ1) is 17.8. The van der Waals surface area contributed by atoms with Gasteiger partial charge in [-0.05, 0) is 68.0 Å². The minimum atomic E-state index is -0.416. The highest BCUT2D eigenvalue weighted by Gasteiger charge is 2.38. The van der Waals surface area contributed by atoms with Crippen LogP contribution in [0.4, 0.5) is 0 Å². The first kappa shape index (κ1) is 24.0. The molecule has 2 aromatic carbocycles. The Balaban J connectivity index is 1.41. The molecule has 3 N–H and O–H groups in total. The van der Waals surface area contributed by atoms with Gasteiger partial charge in [-0.2, -0.15) is 0 Å². The van der Waals surface area contributed by atoms with Crippen LogP contribution in [0.2, 0.25) is 0 Å². The van der Waals surface area contributed by atoms with Crippen molar-refractivity contribution in [3.8, 4) is 5.75 Å². The number of hydrogen-bond donors (Lipinski definition) is 2. The molecule has 5 aliphatic heterocycles. The molecular weight excluding hydrogens is 468 g/mol. The first-order valence-corrected chi connectivity index (χ1v) is 13.3. The van der Waals surface area contributed by atoms with Crippen molar-refractivity contribution in [1.82, 2.24) is 10.2 Å². The van der Waals surface area contributed by atoms with E-state index < -0.39 is 5.60 Å². The largest absolute Gasteiger partial charge is 0.493 e. The summed E-state index contributed by atoms with van der Waals surface area (Å²) in [6, 6.07) is 11.3. The summed E-state index contributed by atoms with van der Waals surface area (Å²) in [7, 11) is 0. The zero-order valence-electron chi connectivity index (χ0n) is 21.5. The number of guanidine groups is 1. The number of nitrogens with one attached hydrogen (secondary N) is 1. The maximum absolute atomic E-state index is 13.5. The number of aliphatic imine (C=N–C) groups is 1. The fourth-order valence-corrected chi connectivity index (χ4v) is 6.14. The van der Waals surface area contributed by atoms with Crippen LogP contribution in [0, 0.1) is 0 Å². The molecule has 0 aromatic heterocycles. The molecule has 0 spiro atoms. The van der Waals surface area contributed by atoms with Crippen LogP contribution in [0.1, 0.15) is 90.6 Å². The van der Waals surface area contributed by atoms with Crippen LogP contribution < -0.4 is 15.8 Å². The van der Waals surface area contributed by atoms with E-state index in [4.69, 9.17) is 20.2 Å². The second-order valence-electron chi connectivity index (χ2n) is 11.0. The molecule has 194 valence electrons. The Kier molecular flexibility index (Phi) is 5.94. The third kappa shape index (κ3) is 4.37. The summed E-state index contributed by atoms with van der Waals surface area (Å²) in [5.74, 6) is 0.720. The number of rotatable bonds is 0. The molecule has 5 heterocycles. The summed E-state index contributed by atoms with van der Waals surface area (Å²) in [4.78, 5) is 33.1. The molecule has 8 nitrogen and oxygen atoms in total. The SMILES string of the molecule is CC1(C)OCC2NC(=O)c3ccc4c(c3)[C@@H](CCO4)N3C(=O)CC(CCCCc4ccc1c2c4)N=C3N. The van der Waals surface area contributed by atoms with Crippen molar-refractivity contribution in [3.05, 3.63) is 64.2 Å². The lowest BCUT2D eigenvalue weighted by Gasteiger charge is -2.39. The molecular formula is C29H34N4O4. The number of fused-ring (bicyclic) bond motifs is 5. The lowest BCUT2D eigenvalue weighted by molar-refractivity contribution is -0.130. The van der Waals surface area contributed by atoms with Crippen LogP contribution in [0.25, 0.3) is 0 Å². The van der Waals surface area contributed by atoms with Gasteiger partial charge in [0.2, 0.25) is 5.91 Å². The Morgan fingerprint density at radius 3 is 2.78 bits per heavy atom. The molecule has 2 aromatic rings. The zero-order chi connectivity index (χ0) is 25.7. The predicted octanol–water partition coefficient (Wildman–Crippen LogP) is 3.89. The Morgan fingerprint density at radius 1 is 1.08 bits per heavy atom. The van der Waals surface area contributed by atoms with Crippen LogP contribution in [0.5, 0.6) is 5.75 Å². The lowest BCUT2D eigenvalue weighted by atomic mass is 9.85. The van der Waals surface area contributed by atoms with Gasteiger partial charge >= 0.3 is 0 Å². The maximum Gasteiger partial charge on any atom is 0.251 e. The monoisotopic (exact) mass is 502 g/mol. The molecule has 0 saturated heterocycles. The van der Waals surface area contributed by atoms with E-state index in [1.807, 2.05) is 12.1 Å². The molecule has 0 saturated carbocycles. The average Bonchev–Trinajstić information content (AvgIpc) is 2.87. The molecule has 5 aliphatic rings. The highest BCUT2D eigenvalue weighted by atomic mass is 16.5. The quantitative estimate of drug-likeness (QED) is 0.569. The number of aryl methyl sites for hydroxylation is 1. The molecule has 3 atom stereocenters. The van der Waals surface area contributed by atoms with E-state index in [1.54, 1.807) is 11.0 Å². The number of benzene rings is 2. The first-order valence-electron chi connectivity index (χ1n) is 13.3. The van der Waals surface area contributed by atoms with Crippen LogP contribution in [-0.4, -0.2) is 41.9 Å². The van der Waals surface area contributed by atoms with Gasteiger partial charge < -0.3 is 20.5 Å². The van der Waals surface area contributed by atoms with Gasteiger partial charge in [-0.25, -0.2) is 4.99 Å². The van der Waals surface area contributed by atoms with Crippen molar-refractivity contribution in [2.75, 3.05) is 13.2 Å². The lowest BCUT2D eigenvalue weighted by Crippen LogP contribution is -2.50. The molecule has 0 fully saturated rings. The van der Waals surface area contributed by atoms with E-state index >= 15 is 0 Å². The normalized spacial score (nSPS) is 26.9. The van der Waals surface area contributed by atoms with Gasteiger partial charge in [0.25, 0.3) is 5.91 Å². The van der Waals surface area contributed by atoms with Crippen molar-refractivity contribution in [2.45, 2.75) is 76.1 Å². The van der Waals surface area contributed by atoms with Gasteiger partial charge in [0.15, 0.2) is 5.96 Å². The number of carbonyl (C=O) groups excluding carboxylic acids is 2. The van der Waals surface area contributed by atoms with Crippen LogP contribution in [0.3, 0.4) is 0 Å².